The van der Waals surface area contributed by atoms with Gasteiger partial charge in [0.05, 0.1) is 5.41 Å². The number of rotatable bonds is 7. The molecule has 0 rings (SSSR count). The minimum absolute atomic E-state index is 0.0202. The fourth-order valence-electron chi connectivity index (χ4n) is 1.12. The van der Waals surface area contributed by atoms with E-state index < -0.39 is 17.4 Å². The van der Waals surface area contributed by atoms with E-state index in [-0.39, 0.29) is 31.5 Å². The normalized spacial score (nSPS) is 11.0. The Bertz CT molecular complexity index is 340. The van der Waals surface area contributed by atoms with E-state index in [1.165, 1.54) is 13.8 Å². The fourth-order valence-corrected chi connectivity index (χ4v) is 1.12. The molecule has 0 aromatic heterocycles. The summed E-state index contributed by atoms with van der Waals surface area (Å²) in [6.07, 6.45) is 0.188. The predicted octanol–water partition coefficient (Wildman–Crippen LogP) is 0.311. The molecule has 0 heterocycles. The lowest BCUT2D eigenvalue weighted by Gasteiger charge is -2.19. The minimum atomic E-state index is -1.02. The van der Waals surface area contributed by atoms with E-state index in [9.17, 15) is 14.4 Å². The van der Waals surface area contributed by atoms with E-state index in [1.807, 2.05) is 13.8 Å². The van der Waals surface area contributed by atoms with Crippen LogP contribution in [0, 0.1) is 5.41 Å². The largest absolute Gasteiger partial charge is 0.481 e. The van der Waals surface area contributed by atoms with Crippen molar-refractivity contribution in [3.05, 3.63) is 0 Å². The molecule has 0 aliphatic heterocycles. The van der Waals surface area contributed by atoms with Crippen molar-refractivity contribution in [1.82, 2.24) is 16.0 Å². The number of urea groups is 1. The Hall–Kier alpha value is -1.79. The fraction of sp³-hybridized carbons (Fsp3) is 0.750. The van der Waals surface area contributed by atoms with Gasteiger partial charge in [0, 0.05) is 25.6 Å². The number of nitrogens with one attached hydrogen (secondary N) is 3. The van der Waals surface area contributed by atoms with Gasteiger partial charge in [-0.3, -0.25) is 9.59 Å². The molecule has 7 nitrogen and oxygen atoms in total. The zero-order chi connectivity index (χ0) is 15.1. The predicted molar refractivity (Wildman–Crippen MR) is 70.7 cm³/mol. The highest BCUT2D eigenvalue weighted by Crippen LogP contribution is 2.12. The molecule has 0 radical (unpaired) electrons. The van der Waals surface area contributed by atoms with E-state index in [1.54, 1.807) is 0 Å². The topological polar surface area (TPSA) is 108 Å². The van der Waals surface area contributed by atoms with Gasteiger partial charge in [-0.2, -0.15) is 0 Å². The monoisotopic (exact) mass is 273 g/mol. The van der Waals surface area contributed by atoms with Crippen molar-refractivity contribution >= 4 is 17.9 Å². The van der Waals surface area contributed by atoms with E-state index in [0.717, 1.165) is 0 Å². The molecule has 0 saturated heterocycles. The quantitative estimate of drug-likeness (QED) is 0.535. The number of amides is 3. The Morgan fingerprint density at radius 2 is 1.74 bits per heavy atom. The molecule has 7 heteroatoms. The third-order valence-corrected chi connectivity index (χ3v) is 2.36. The first kappa shape index (κ1) is 17.2. The van der Waals surface area contributed by atoms with E-state index in [4.69, 9.17) is 5.11 Å². The Morgan fingerprint density at radius 3 is 2.21 bits per heavy atom. The van der Waals surface area contributed by atoms with Crippen molar-refractivity contribution in [2.45, 2.75) is 40.2 Å². The van der Waals surface area contributed by atoms with Gasteiger partial charge in [0.25, 0.3) is 0 Å². The van der Waals surface area contributed by atoms with Gasteiger partial charge < -0.3 is 21.1 Å². The number of carbonyl (C=O) groups is 3. The number of carboxylic acids is 1. The smallest absolute Gasteiger partial charge is 0.314 e. The van der Waals surface area contributed by atoms with E-state index in [0.29, 0.717) is 0 Å². The molecule has 19 heavy (non-hydrogen) atoms. The van der Waals surface area contributed by atoms with Gasteiger partial charge in [-0.25, -0.2) is 4.79 Å². The number of carboxylic acid groups (broad SMARTS) is 1. The van der Waals surface area contributed by atoms with E-state index >= 15 is 0 Å². The average Bonchev–Trinajstić information content (AvgIpc) is 2.25. The lowest BCUT2D eigenvalue weighted by Crippen LogP contribution is -2.44. The van der Waals surface area contributed by atoms with Crippen LogP contribution >= 0.6 is 0 Å². The third kappa shape index (κ3) is 8.01. The second kappa shape index (κ2) is 7.60. The summed E-state index contributed by atoms with van der Waals surface area (Å²) >= 11 is 0. The molecular formula is C12H23N3O4. The van der Waals surface area contributed by atoms with Crippen molar-refractivity contribution < 1.29 is 19.5 Å². The Morgan fingerprint density at radius 1 is 1.16 bits per heavy atom. The first-order valence-corrected chi connectivity index (χ1v) is 6.19. The highest BCUT2D eigenvalue weighted by molar-refractivity contribution is 5.79. The molecule has 0 aliphatic carbocycles. The van der Waals surface area contributed by atoms with Gasteiger partial charge in [0.2, 0.25) is 5.91 Å². The molecule has 0 unspecified atom stereocenters. The van der Waals surface area contributed by atoms with Crippen molar-refractivity contribution in [3.63, 3.8) is 0 Å². The first-order valence-electron chi connectivity index (χ1n) is 6.19. The van der Waals surface area contributed by atoms with Crippen molar-refractivity contribution in [3.8, 4) is 0 Å². The first-order chi connectivity index (χ1) is 8.65. The summed E-state index contributed by atoms with van der Waals surface area (Å²) < 4.78 is 0. The Kier molecular flexibility index (Phi) is 6.89. The van der Waals surface area contributed by atoms with E-state index in [2.05, 4.69) is 16.0 Å². The highest BCUT2D eigenvalue weighted by Gasteiger charge is 2.27. The molecule has 0 aromatic carbocycles. The summed E-state index contributed by atoms with van der Waals surface area (Å²) in [4.78, 5) is 33.5. The summed E-state index contributed by atoms with van der Waals surface area (Å²) in [7, 11) is 0. The summed E-state index contributed by atoms with van der Waals surface area (Å²) in [5, 5.41) is 16.5. The minimum Gasteiger partial charge on any atom is -0.481 e. The molecule has 0 bridgehead atoms. The molecule has 0 spiro atoms. The maximum absolute atomic E-state index is 11.4. The second-order valence-corrected chi connectivity index (χ2v) is 5.27. The van der Waals surface area contributed by atoms with Gasteiger partial charge in [0.15, 0.2) is 0 Å². The summed E-state index contributed by atoms with van der Waals surface area (Å²) in [6, 6.07) is -0.413. The van der Waals surface area contributed by atoms with Crippen LogP contribution in [0.5, 0.6) is 0 Å². The number of aliphatic carboxylic acids is 1. The van der Waals surface area contributed by atoms with Crippen LogP contribution in [0.1, 0.15) is 34.1 Å². The molecule has 4 N–H and O–H groups in total. The Labute approximate surface area is 113 Å². The van der Waals surface area contributed by atoms with Crippen LogP contribution in [0.25, 0.3) is 0 Å². The molecule has 110 valence electrons. The molecule has 0 saturated carbocycles. The van der Waals surface area contributed by atoms with Gasteiger partial charge in [-0.1, -0.05) is 0 Å². The van der Waals surface area contributed by atoms with Crippen molar-refractivity contribution in [1.29, 1.82) is 0 Å². The molecular weight excluding hydrogens is 250 g/mol. The number of hydrogen-bond acceptors (Lipinski definition) is 3. The molecule has 0 aliphatic rings. The lowest BCUT2D eigenvalue weighted by atomic mass is 9.94. The van der Waals surface area contributed by atoms with Crippen LogP contribution in [-0.2, 0) is 9.59 Å². The maximum Gasteiger partial charge on any atom is 0.314 e. The molecule has 0 aromatic rings. The van der Waals surface area contributed by atoms with Crippen LogP contribution in [-0.4, -0.2) is 42.1 Å². The summed E-state index contributed by atoms with van der Waals surface area (Å²) in [5.74, 6) is -1.12. The summed E-state index contributed by atoms with van der Waals surface area (Å²) in [6.45, 7) is 6.97. The van der Waals surface area contributed by atoms with Gasteiger partial charge in [-0.15, -0.1) is 0 Å². The number of hydrogen-bond donors (Lipinski definition) is 4. The van der Waals surface area contributed by atoms with Gasteiger partial charge >= 0.3 is 12.0 Å². The SMILES string of the molecule is CC(C)NC(=O)CCNC(=O)NCC(C)(C)C(=O)O. The standard InChI is InChI=1S/C12H23N3O4/c1-8(2)15-9(16)5-6-13-11(19)14-7-12(3,4)10(17)18/h8H,5-7H2,1-4H3,(H,15,16)(H,17,18)(H2,13,14,19). The zero-order valence-corrected chi connectivity index (χ0v) is 11.9. The highest BCUT2D eigenvalue weighted by atomic mass is 16.4. The second-order valence-electron chi connectivity index (χ2n) is 5.27. The number of carbonyl (C=O) groups excluding carboxylic acids is 2. The third-order valence-electron chi connectivity index (χ3n) is 2.36. The average molecular weight is 273 g/mol. The van der Waals surface area contributed by atoms with Crippen LogP contribution in [0.4, 0.5) is 4.79 Å². The molecule has 0 atom stereocenters. The summed E-state index contributed by atoms with van der Waals surface area (Å²) in [5.41, 5.74) is -1.02. The van der Waals surface area contributed by atoms with Gasteiger partial charge in [-0.05, 0) is 27.7 Å². The van der Waals surface area contributed by atoms with Crippen LogP contribution < -0.4 is 16.0 Å². The van der Waals surface area contributed by atoms with Crippen LogP contribution in [0.15, 0.2) is 0 Å². The zero-order valence-electron chi connectivity index (χ0n) is 11.9. The Balaban J connectivity index is 3.83. The van der Waals surface area contributed by atoms with Crippen LogP contribution in [0.2, 0.25) is 0 Å². The van der Waals surface area contributed by atoms with Gasteiger partial charge in [0.1, 0.15) is 0 Å². The lowest BCUT2D eigenvalue weighted by molar-refractivity contribution is -0.146. The van der Waals surface area contributed by atoms with Crippen molar-refractivity contribution in [2.24, 2.45) is 5.41 Å². The van der Waals surface area contributed by atoms with Crippen LogP contribution in [0.3, 0.4) is 0 Å². The maximum atomic E-state index is 11.4. The molecule has 3 amide bonds. The van der Waals surface area contributed by atoms with Crippen molar-refractivity contribution in [2.75, 3.05) is 13.1 Å². The molecule has 0 fully saturated rings.